The lowest BCUT2D eigenvalue weighted by molar-refractivity contribution is -0.274. The summed E-state index contributed by atoms with van der Waals surface area (Å²) >= 11 is 0. The average Bonchev–Trinajstić information content (AvgIpc) is 2.52. The Kier molecular flexibility index (Phi) is 3.94. The van der Waals surface area contributed by atoms with Crippen molar-refractivity contribution in [3.8, 4) is 28.0 Å². The second-order valence-electron chi connectivity index (χ2n) is 5.44. The van der Waals surface area contributed by atoms with Gasteiger partial charge in [-0.3, -0.25) is 9.59 Å². The number of ether oxygens (including phenoxy) is 1. The van der Waals surface area contributed by atoms with Gasteiger partial charge in [-0.25, -0.2) is 4.39 Å². The van der Waals surface area contributed by atoms with Crippen LogP contribution < -0.4 is 15.6 Å². The maximum Gasteiger partial charge on any atom is 0.573 e. The maximum atomic E-state index is 13.0. The van der Waals surface area contributed by atoms with Gasteiger partial charge in [0, 0.05) is 11.1 Å². The molecule has 0 unspecified atom stereocenters. The zero-order chi connectivity index (χ0) is 18.4. The van der Waals surface area contributed by atoms with Gasteiger partial charge in [0.15, 0.2) is 0 Å². The van der Waals surface area contributed by atoms with Crippen LogP contribution >= 0.6 is 0 Å². The van der Waals surface area contributed by atoms with E-state index in [1.165, 1.54) is 25.1 Å². The summed E-state index contributed by atoms with van der Waals surface area (Å²) in [5.74, 6) is -0.912. The van der Waals surface area contributed by atoms with Gasteiger partial charge in [0.2, 0.25) is 10.9 Å². The highest BCUT2D eigenvalue weighted by atomic mass is 19.4. The molecular formula is C18H10F4O3. The van der Waals surface area contributed by atoms with Crippen LogP contribution in [0.1, 0.15) is 5.56 Å². The van der Waals surface area contributed by atoms with Gasteiger partial charge in [0.1, 0.15) is 11.6 Å². The highest BCUT2D eigenvalue weighted by Crippen LogP contribution is 2.33. The molecule has 0 N–H and O–H groups in total. The first kappa shape index (κ1) is 16.9. The Labute approximate surface area is 138 Å². The summed E-state index contributed by atoms with van der Waals surface area (Å²) in [5.41, 5.74) is -0.166. The van der Waals surface area contributed by atoms with Crippen molar-refractivity contribution in [3.05, 3.63) is 74.3 Å². The minimum Gasteiger partial charge on any atom is -0.406 e. The molecule has 0 saturated carbocycles. The smallest absolute Gasteiger partial charge is 0.406 e. The van der Waals surface area contributed by atoms with E-state index in [4.69, 9.17) is 0 Å². The quantitative estimate of drug-likeness (QED) is 0.530. The van der Waals surface area contributed by atoms with Crippen LogP contribution in [0.5, 0.6) is 5.75 Å². The van der Waals surface area contributed by atoms with E-state index in [1.807, 2.05) is 0 Å². The molecule has 3 aromatic carbocycles. The van der Waals surface area contributed by atoms with Gasteiger partial charge >= 0.3 is 6.36 Å². The highest BCUT2D eigenvalue weighted by Gasteiger charge is 2.31. The summed E-state index contributed by atoms with van der Waals surface area (Å²) < 4.78 is 53.7. The van der Waals surface area contributed by atoms with Crippen LogP contribution in [0.15, 0.2) is 52.1 Å². The largest absolute Gasteiger partial charge is 0.573 e. The number of alkyl halides is 3. The predicted octanol–water partition coefficient (Wildman–Crippen LogP) is 3.96. The fourth-order valence-electron chi connectivity index (χ4n) is 2.65. The van der Waals surface area contributed by atoms with Crippen LogP contribution in [0.3, 0.4) is 0 Å². The number of hydrogen-bond acceptors (Lipinski definition) is 3. The minimum absolute atomic E-state index is 0.104. The molecule has 3 aromatic rings. The number of halogens is 4. The van der Waals surface area contributed by atoms with Gasteiger partial charge in [-0.2, -0.15) is 0 Å². The van der Waals surface area contributed by atoms with Crippen molar-refractivity contribution in [2.75, 3.05) is 0 Å². The fraction of sp³-hybridized carbons (Fsp3) is 0.111. The summed E-state index contributed by atoms with van der Waals surface area (Å²) in [6.07, 6.45) is -4.82. The molecular weight excluding hydrogens is 340 g/mol. The lowest BCUT2D eigenvalue weighted by atomic mass is 9.87. The molecule has 0 radical (unpaired) electrons. The molecule has 0 saturated heterocycles. The topological polar surface area (TPSA) is 43.4 Å². The molecule has 0 aliphatic carbocycles. The van der Waals surface area contributed by atoms with Crippen molar-refractivity contribution in [2.45, 2.75) is 13.3 Å². The van der Waals surface area contributed by atoms with Crippen molar-refractivity contribution in [1.29, 1.82) is 0 Å². The summed E-state index contributed by atoms with van der Waals surface area (Å²) in [5, 5.41) is 0. The van der Waals surface area contributed by atoms with Gasteiger partial charge in [-0.1, -0.05) is 18.2 Å². The molecule has 0 spiro atoms. The Bertz CT molecular complexity index is 1010. The third-order valence-electron chi connectivity index (χ3n) is 3.74. The van der Waals surface area contributed by atoms with Gasteiger partial charge in [0.05, 0.1) is 0 Å². The van der Waals surface area contributed by atoms with Crippen LogP contribution in [0.25, 0.3) is 22.3 Å². The third-order valence-corrected chi connectivity index (χ3v) is 3.74. The van der Waals surface area contributed by atoms with Crippen LogP contribution in [-0.4, -0.2) is 6.36 Å². The Hall–Kier alpha value is -2.96. The van der Waals surface area contributed by atoms with Crippen LogP contribution in [0.2, 0.25) is 0 Å². The van der Waals surface area contributed by atoms with E-state index in [9.17, 15) is 27.2 Å². The Morgan fingerprint density at radius 3 is 2.04 bits per heavy atom. The van der Waals surface area contributed by atoms with E-state index in [0.717, 1.165) is 24.3 Å². The van der Waals surface area contributed by atoms with Gasteiger partial charge in [-0.15, -0.1) is 13.2 Å². The summed E-state index contributed by atoms with van der Waals surface area (Å²) in [6, 6.07) is 8.54. The van der Waals surface area contributed by atoms with E-state index < -0.39 is 28.8 Å². The second-order valence-corrected chi connectivity index (χ2v) is 5.44. The molecule has 3 rings (SSSR count). The van der Waals surface area contributed by atoms with Gasteiger partial charge < -0.3 is 4.74 Å². The summed E-state index contributed by atoms with van der Waals surface area (Å²) in [4.78, 5) is 23.9. The van der Waals surface area contributed by atoms with Crippen molar-refractivity contribution >= 4 is 0 Å². The standard InChI is InChI=1S/C18H10F4O3/c1-9-8-12(25-18(20,21)22)6-7-13(9)15-14(16(23)17(15)24)10-2-4-11(19)5-3-10/h2-8H,1H3. The van der Waals surface area contributed by atoms with E-state index in [2.05, 4.69) is 4.74 Å². The molecule has 0 aromatic heterocycles. The highest BCUT2D eigenvalue weighted by molar-refractivity contribution is 5.88. The van der Waals surface area contributed by atoms with Gasteiger partial charge in [-0.05, 0) is 47.9 Å². The number of benzene rings is 2. The molecule has 0 bridgehead atoms. The first-order valence-corrected chi connectivity index (χ1v) is 7.13. The van der Waals surface area contributed by atoms with Crippen molar-refractivity contribution in [3.63, 3.8) is 0 Å². The first-order chi connectivity index (χ1) is 11.7. The third kappa shape index (κ3) is 3.17. The first-order valence-electron chi connectivity index (χ1n) is 7.13. The molecule has 0 fully saturated rings. The summed E-state index contributed by atoms with van der Waals surface area (Å²) in [6.45, 7) is 1.50. The molecule has 0 amide bonds. The second kappa shape index (κ2) is 5.84. The Morgan fingerprint density at radius 1 is 0.880 bits per heavy atom. The lowest BCUT2D eigenvalue weighted by Crippen LogP contribution is -2.35. The van der Waals surface area contributed by atoms with Crippen LogP contribution in [0, 0.1) is 12.7 Å². The Morgan fingerprint density at radius 2 is 1.48 bits per heavy atom. The monoisotopic (exact) mass is 350 g/mol. The van der Waals surface area contributed by atoms with Crippen molar-refractivity contribution < 1.29 is 22.3 Å². The van der Waals surface area contributed by atoms with Crippen molar-refractivity contribution in [1.82, 2.24) is 0 Å². The molecule has 25 heavy (non-hydrogen) atoms. The van der Waals surface area contributed by atoms with E-state index in [0.29, 0.717) is 16.7 Å². The van der Waals surface area contributed by atoms with Crippen LogP contribution in [0.4, 0.5) is 17.6 Å². The predicted molar refractivity (Wildman–Crippen MR) is 83.6 cm³/mol. The normalized spacial score (nSPS) is 11.7. The molecule has 128 valence electrons. The minimum atomic E-state index is -4.82. The zero-order valence-corrected chi connectivity index (χ0v) is 12.8. The molecule has 0 heterocycles. The number of hydrogen-bond donors (Lipinski definition) is 0. The lowest BCUT2D eigenvalue weighted by Gasteiger charge is -2.15. The van der Waals surface area contributed by atoms with E-state index in [-0.39, 0.29) is 11.1 Å². The van der Waals surface area contributed by atoms with Gasteiger partial charge in [0.25, 0.3) is 0 Å². The molecule has 0 aliphatic rings. The molecule has 3 nitrogen and oxygen atoms in total. The molecule has 0 aliphatic heterocycles. The zero-order valence-electron chi connectivity index (χ0n) is 12.8. The molecule has 7 heteroatoms. The fourth-order valence-corrected chi connectivity index (χ4v) is 2.65. The number of rotatable bonds is 3. The van der Waals surface area contributed by atoms with Crippen LogP contribution in [-0.2, 0) is 0 Å². The van der Waals surface area contributed by atoms with E-state index in [1.54, 1.807) is 0 Å². The summed E-state index contributed by atoms with van der Waals surface area (Å²) in [7, 11) is 0. The average molecular weight is 350 g/mol. The van der Waals surface area contributed by atoms with E-state index >= 15 is 0 Å². The Balaban J connectivity index is 2.07. The SMILES string of the molecule is Cc1cc(OC(F)(F)F)ccc1-c1c(-c2ccc(F)cc2)c(=O)c1=O. The molecule has 0 atom stereocenters. The number of aryl methyl sites for hydroxylation is 1. The maximum absolute atomic E-state index is 13.0. The van der Waals surface area contributed by atoms with Crippen molar-refractivity contribution in [2.24, 2.45) is 0 Å².